The second-order valence-corrected chi connectivity index (χ2v) is 5.63. The molecule has 0 amide bonds. The predicted octanol–water partition coefficient (Wildman–Crippen LogP) is 3.09. The molecule has 2 N–H and O–H groups in total. The van der Waals surface area contributed by atoms with Gasteiger partial charge in [-0.05, 0) is 35.6 Å². The molecule has 0 radical (unpaired) electrons. The molecule has 3 rings (SSSR count). The summed E-state index contributed by atoms with van der Waals surface area (Å²) in [6.45, 7) is 0. The third-order valence-electron chi connectivity index (χ3n) is 3.03. The molecule has 0 aliphatic heterocycles. The molecule has 0 bridgehead atoms. The van der Waals surface area contributed by atoms with Crippen LogP contribution in [0.2, 0.25) is 0 Å². The molecule has 0 saturated heterocycles. The average Bonchev–Trinajstić information content (AvgIpc) is 3.11. The van der Waals surface area contributed by atoms with Crippen molar-refractivity contribution >= 4 is 17.0 Å². The zero-order chi connectivity index (χ0) is 13.8. The van der Waals surface area contributed by atoms with E-state index in [0.29, 0.717) is 5.89 Å². The third-order valence-corrected chi connectivity index (χ3v) is 3.91. The van der Waals surface area contributed by atoms with Crippen molar-refractivity contribution in [3.05, 3.63) is 63.9 Å². The van der Waals surface area contributed by atoms with Crippen LogP contribution in [0.3, 0.4) is 0 Å². The predicted molar refractivity (Wildman–Crippen MR) is 79.7 cm³/mol. The molecule has 0 aliphatic carbocycles. The Hall–Kier alpha value is -2.14. The van der Waals surface area contributed by atoms with E-state index in [1.54, 1.807) is 11.3 Å². The Morgan fingerprint density at radius 2 is 1.95 bits per heavy atom. The molecule has 0 spiro atoms. The SMILES string of the molecule is Nc1ccc(CCc2nc(Cc3cccs3)no2)cc1. The van der Waals surface area contributed by atoms with Gasteiger partial charge in [0.25, 0.3) is 0 Å². The largest absolute Gasteiger partial charge is 0.399 e. The first kappa shape index (κ1) is 12.9. The highest BCUT2D eigenvalue weighted by Crippen LogP contribution is 2.14. The topological polar surface area (TPSA) is 64.9 Å². The molecule has 3 aromatic rings. The molecular formula is C15H15N3OS. The van der Waals surface area contributed by atoms with Crippen molar-refractivity contribution in [1.82, 2.24) is 10.1 Å². The van der Waals surface area contributed by atoms with Gasteiger partial charge in [-0.2, -0.15) is 4.98 Å². The first-order valence-electron chi connectivity index (χ1n) is 6.48. The van der Waals surface area contributed by atoms with Crippen molar-refractivity contribution in [3.63, 3.8) is 0 Å². The van der Waals surface area contributed by atoms with Gasteiger partial charge in [0.1, 0.15) is 0 Å². The van der Waals surface area contributed by atoms with Gasteiger partial charge in [-0.15, -0.1) is 11.3 Å². The van der Waals surface area contributed by atoms with E-state index in [1.807, 2.05) is 30.3 Å². The standard InChI is InChI=1S/C15H15N3OS/c16-12-6-3-11(4-7-12)5-8-15-17-14(18-19-15)10-13-2-1-9-20-13/h1-4,6-7,9H,5,8,10,16H2. The van der Waals surface area contributed by atoms with E-state index in [2.05, 4.69) is 21.6 Å². The van der Waals surface area contributed by atoms with Crippen LogP contribution in [-0.4, -0.2) is 10.1 Å². The monoisotopic (exact) mass is 285 g/mol. The molecule has 1 aromatic carbocycles. The number of aryl methyl sites for hydroxylation is 2. The van der Waals surface area contributed by atoms with E-state index in [4.69, 9.17) is 10.3 Å². The fraction of sp³-hybridized carbons (Fsp3) is 0.200. The van der Waals surface area contributed by atoms with Crippen LogP contribution < -0.4 is 5.73 Å². The lowest BCUT2D eigenvalue weighted by Gasteiger charge is -1.98. The van der Waals surface area contributed by atoms with Crippen molar-refractivity contribution in [2.24, 2.45) is 0 Å². The second kappa shape index (κ2) is 5.88. The molecule has 0 atom stereocenters. The van der Waals surface area contributed by atoms with Gasteiger partial charge < -0.3 is 10.3 Å². The van der Waals surface area contributed by atoms with Crippen LogP contribution in [0.5, 0.6) is 0 Å². The first-order chi connectivity index (χ1) is 9.79. The Balaban J connectivity index is 1.58. The number of nitrogens with two attached hydrogens (primary N) is 1. The summed E-state index contributed by atoms with van der Waals surface area (Å²) in [5.41, 5.74) is 7.66. The van der Waals surface area contributed by atoms with Crippen LogP contribution in [0.1, 0.15) is 22.2 Å². The number of thiophene rings is 1. The van der Waals surface area contributed by atoms with Gasteiger partial charge in [0, 0.05) is 23.4 Å². The molecule has 102 valence electrons. The highest BCUT2D eigenvalue weighted by Gasteiger charge is 2.07. The lowest BCUT2D eigenvalue weighted by atomic mass is 10.1. The van der Waals surface area contributed by atoms with Crippen LogP contribution in [-0.2, 0) is 19.3 Å². The summed E-state index contributed by atoms with van der Waals surface area (Å²) in [4.78, 5) is 5.67. The molecule has 2 aromatic heterocycles. The van der Waals surface area contributed by atoms with E-state index >= 15 is 0 Å². The highest BCUT2D eigenvalue weighted by atomic mass is 32.1. The smallest absolute Gasteiger partial charge is 0.226 e. The van der Waals surface area contributed by atoms with Gasteiger partial charge >= 0.3 is 0 Å². The molecule has 0 unspecified atom stereocenters. The number of hydrogen-bond acceptors (Lipinski definition) is 5. The highest BCUT2D eigenvalue weighted by molar-refractivity contribution is 7.09. The summed E-state index contributed by atoms with van der Waals surface area (Å²) < 4.78 is 5.28. The fourth-order valence-electron chi connectivity index (χ4n) is 1.97. The van der Waals surface area contributed by atoms with E-state index in [0.717, 1.165) is 30.8 Å². The molecule has 5 heteroatoms. The number of benzene rings is 1. The lowest BCUT2D eigenvalue weighted by Crippen LogP contribution is -1.93. The number of nitrogens with zero attached hydrogens (tertiary/aromatic N) is 2. The Morgan fingerprint density at radius 1 is 1.10 bits per heavy atom. The summed E-state index contributed by atoms with van der Waals surface area (Å²) in [7, 11) is 0. The zero-order valence-corrected chi connectivity index (χ0v) is 11.8. The molecule has 0 saturated carbocycles. The van der Waals surface area contributed by atoms with Crippen molar-refractivity contribution < 1.29 is 4.52 Å². The maximum atomic E-state index is 5.66. The maximum Gasteiger partial charge on any atom is 0.226 e. The molecule has 0 fully saturated rings. The summed E-state index contributed by atoms with van der Waals surface area (Å²) in [5, 5.41) is 6.07. The minimum Gasteiger partial charge on any atom is -0.399 e. The fourth-order valence-corrected chi connectivity index (χ4v) is 2.67. The molecule has 0 aliphatic rings. The van der Waals surface area contributed by atoms with Crippen LogP contribution in [0.4, 0.5) is 5.69 Å². The van der Waals surface area contributed by atoms with Crippen molar-refractivity contribution in [1.29, 1.82) is 0 Å². The van der Waals surface area contributed by atoms with Gasteiger partial charge in [-0.25, -0.2) is 0 Å². The summed E-state index contributed by atoms with van der Waals surface area (Å²) in [6.07, 6.45) is 2.37. The van der Waals surface area contributed by atoms with Gasteiger partial charge in [-0.3, -0.25) is 0 Å². The van der Waals surface area contributed by atoms with Gasteiger partial charge in [0.2, 0.25) is 5.89 Å². The van der Waals surface area contributed by atoms with Crippen LogP contribution in [0.15, 0.2) is 46.3 Å². The minimum atomic E-state index is 0.688. The molecule has 4 nitrogen and oxygen atoms in total. The van der Waals surface area contributed by atoms with E-state index in [-0.39, 0.29) is 0 Å². The summed E-state index contributed by atoms with van der Waals surface area (Å²) in [5.74, 6) is 1.44. The lowest BCUT2D eigenvalue weighted by molar-refractivity contribution is 0.374. The number of aromatic nitrogens is 2. The minimum absolute atomic E-state index is 0.688. The number of anilines is 1. The normalized spacial score (nSPS) is 10.8. The quantitative estimate of drug-likeness (QED) is 0.732. The summed E-state index contributed by atoms with van der Waals surface area (Å²) >= 11 is 1.71. The number of hydrogen-bond donors (Lipinski definition) is 1. The molecule has 20 heavy (non-hydrogen) atoms. The van der Waals surface area contributed by atoms with Crippen molar-refractivity contribution in [2.75, 3.05) is 5.73 Å². The van der Waals surface area contributed by atoms with Crippen LogP contribution in [0.25, 0.3) is 0 Å². The van der Waals surface area contributed by atoms with Crippen LogP contribution >= 0.6 is 11.3 Å². The second-order valence-electron chi connectivity index (χ2n) is 4.60. The average molecular weight is 285 g/mol. The Morgan fingerprint density at radius 3 is 2.70 bits per heavy atom. The number of nitrogen functional groups attached to an aromatic ring is 1. The third kappa shape index (κ3) is 3.24. The van der Waals surface area contributed by atoms with E-state index < -0.39 is 0 Å². The Kier molecular flexibility index (Phi) is 3.78. The Labute approximate surface area is 121 Å². The van der Waals surface area contributed by atoms with Crippen molar-refractivity contribution in [2.45, 2.75) is 19.3 Å². The van der Waals surface area contributed by atoms with Gasteiger partial charge in [0.15, 0.2) is 5.82 Å². The molecule has 2 heterocycles. The first-order valence-corrected chi connectivity index (χ1v) is 7.36. The van der Waals surface area contributed by atoms with E-state index in [1.165, 1.54) is 10.4 Å². The van der Waals surface area contributed by atoms with E-state index in [9.17, 15) is 0 Å². The van der Waals surface area contributed by atoms with Crippen molar-refractivity contribution in [3.8, 4) is 0 Å². The van der Waals surface area contributed by atoms with Gasteiger partial charge in [-0.1, -0.05) is 23.4 Å². The zero-order valence-electron chi connectivity index (χ0n) is 11.0. The van der Waals surface area contributed by atoms with Gasteiger partial charge in [0.05, 0.1) is 0 Å². The maximum absolute atomic E-state index is 5.66. The molecular weight excluding hydrogens is 270 g/mol. The Bertz CT molecular complexity index is 659. The number of rotatable bonds is 5. The summed E-state index contributed by atoms with van der Waals surface area (Å²) in [6, 6.07) is 12.0. The van der Waals surface area contributed by atoms with Crippen LogP contribution in [0, 0.1) is 0 Å².